The van der Waals surface area contributed by atoms with Gasteiger partial charge in [0, 0.05) is 36.8 Å². The molecule has 3 aliphatic rings. The molecule has 0 radical (unpaired) electrons. The molecule has 3 heterocycles. The number of nitrogens with two attached hydrogens (primary N) is 1. The Morgan fingerprint density at radius 3 is 2.19 bits per heavy atom. The highest BCUT2D eigenvalue weighted by molar-refractivity contribution is 7.59. The van der Waals surface area contributed by atoms with E-state index in [0.717, 1.165) is 81.4 Å². The molecule has 0 spiro atoms. The number of benzene rings is 1. The largest absolute Gasteiger partial charge is 0.790 e. The number of aliphatic hydroxyl groups excluding tert-OH is 2. The fourth-order valence-corrected chi connectivity index (χ4v) is 10.8. The SMILES string of the molecule is CC(C)(COP(=O)([O-])OP(=O)([O-])OCC1OC(n2cnc3c(N)ncnc32)C(O)C1OP(=O)([O-])[O-])C(O)C(=O)NCCC(=O)NCCC(=O)C1(CCCc2ccc(CCCC3(OC=O)CC3)cc2)CC1. The van der Waals surface area contributed by atoms with Crippen LogP contribution in [0.5, 0.6) is 0 Å². The number of imidazole rings is 1. The third kappa shape index (κ3) is 15.2. The topological polar surface area (TPSA) is 401 Å². The first-order chi connectivity index (χ1) is 32.9. The second-order valence-corrected chi connectivity index (χ2v) is 22.4. The minimum Gasteiger partial charge on any atom is -0.790 e. The van der Waals surface area contributed by atoms with E-state index in [-0.39, 0.29) is 59.7 Å². The number of aryl methyl sites for hydroxylation is 2. The summed E-state index contributed by atoms with van der Waals surface area (Å²) in [6, 6.07) is 8.43. The van der Waals surface area contributed by atoms with Crippen molar-refractivity contribution >= 4 is 64.5 Å². The summed E-state index contributed by atoms with van der Waals surface area (Å²) in [5.74, 6) is -1.51. The number of phosphoric acid groups is 3. The molecule has 388 valence electrons. The number of phosphoric ester groups is 3. The molecule has 29 heteroatoms. The fourth-order valence-electron chi connectivity index (χ4n) is 8.10. The number of carbonyl (C=O) groups excluding carboxylic acids is 4. The Balaban J connectivity index is 0.863. The van der Waals surface area contributed by atoms with Gasteiger partial charge in [-0.25, -0.2) is 19.3 Å². The van der Waals surface area contributed by atoms with E-state index in [0.29, 0.717) is 6.47 Å². The van der Waals surface area contributed by atoms with Crippen molar-refractivity contribution in [2.75, 3.05) is 32.0 Å². The summed E-state index contributed by atoms with van der Waals surface area (Å²) in [6.07, 6.45) is 1.03. The van der Waals surface area contributed by atoms with Gasteiger partial charge in [-0.3, -0.25) is 32.9 Å². The van der Waals surface area contributed by atoms with Crippen molar-refractivity contribution in [3.05, 3.63) is 48.0 Å². The van der Waals surface area contributed by atoms with Gasteiger partial charge >= 0.3 is 0 Å². The van der Waals surface area contributed by atoms with Crippen molar-refractivity contribution in [2.45, 2.75) is 127 Å². The monoisotopic (exact) mass is 1040 g/mol. The number of rotatable bonds is 30. The van der Waals surface area contributed by atoms with Crippen molar-refractivity contribution in [1.82, 2.24) is 30.2 Å². The molecule has 26 nitrogen and oxygen atoms in total. The number of nitrogens with zero attached hydrogens (tertiary/aromatic N) is 4. The van der Waals surface area contributed by atoms with E-state index in [1.54, 1.807) is 0 Å². The predicted octanol–water partition coefficient (Wildman–Crippen LogP) is -0.332. The van der Waals surface area contributed by atoms with E-state index in [1.165, 1.54) is 25.0 Å². The van der Waals surface area contributed by atoms with Crippen molar-refractivity contribution in [2.24, 2.45) is 10.8 Å². The standard InChI is InChI=1S/C41H60N7O19P3/c1-39(2,22-64-70(60,61)67-69(58,59)63-21-28-33(66-68(55,56)57)32(52)38(65-28)48-24-47-31-35(42)45-23-46-36(31)48)34(53)37(54)44-20-12-30(51)43-19-11-29(50)40(15-16-40)13-3-5-26-7-9-27(10-8-26)6-4-14-41(17-18-41)62-25-49/h7-10,23-25,28,32-34,38,52-53H,3-6,11-22H2,1-2H3,(H,43,51)(H,44,54)(H,58,59)(H,60,61)(H2,42,45,46)(H2,55,56,57)/p-4. The first-order valence-electron chi connectivity index (χ1n) is 22.4. The Bertz CT molecular complexity index is 2480. The van der Waals surface area contributed by atoms with Crippen LogP contribution in [0.3, 0.4) is 0 Å². The number of hydrogen-bond donors (Lipinski definition) is 5. The number of aromatic nitrogens is 4. The Morgan fingerprint density at radius 2 is 1.57 bits per heavy atom. The third-order valence-corrected chi connectivity index (χ3v) is 15.5. The van der Waals surface area contributed by atoms with Gasteiger partial charge in [-0.2, -0.15) is 0 Å². The summed E-state index contributed by atoms with van der Waals surface area (Å²) in [7, 11) is -17.7. The van der Waals surface area contributed by atoms with Crippen LogP contribution < -0.4 is 35.9 Å². The highest BCUT2D eigenvalue weighted by Gasteiger charge is 2.49. The molecule has 3 fully saturated rings. The molecule has 2 aliphatic carbocycles. The first kappa shape index (κ1) is 55.2. The lowest BCUT2D eigenvalue weighted by Crippen LogP contribution is -2.46. The van der Waals surface area contributed by atoms with Crippen LogP contribution in [-0.4, -0.2) is 110 Å². The van der Waals surface area contributed by atoms with Crippen LogP contribution in [0.4, 0.5) is 5.82 Å². The predicted molar refractivity (Wildman–Crippen MR) is 233 cm³/mol. The van der Waals surface area contributed by atoms with Crippen LogP contribution in [0.25, 0.3) is 11.2 Å². The van der Waals surface area contributed by atoms with Crippen LogP contribution in [0.2, 0.25) is 0 Å². The van der Waals surface area contributed by atoms with Gasteiger partial charge in [0.05, 0.1) is 27.4 Å². The highest BCUT2D eigenvalue weighted by Crippen LogP contribution is 2.57. The minimum atomic E-state index is -5.94. The Morgan fingerprint density at radius 1 is 0.943 bits per heavy atom. The van der Waals surface area contributed by atoms with Gasteiger partial charge in [-0.1, -0.05) is 38.1 Å². The maximum absolute atomic E-state index is 13.1. The van der Waals surface area contributed by atoms with Gasteiger partial charge < -0.3 is 73.8 Å². The zero-order valence-electron chi connectivity index (χ0n) is 38.3. The lowest BCUT2D eigenvalue weighted by Gasteiger charge is -2.36. The molecule has 7 atom stereocenters. The maximum atomic E-state index is 13.1. The molecule has 2 aromatic heterocycles. The van der Waals surface area contributed by atoms with E-state index >= 15 is 0 Å². The zero-order chi connectivity index (χ0) is 51.1. The lowest BCUT2D eigenvalue weighted by molar-refractivity contribution is -0.347. The number of aliphatic hydroxyl groups is 2. The van der Waals surface area contributed by atoms with Gasteiger partial charge in [-0.15, -0.1) is 0 Å². The van der Waals surface area contributed by atoms with Gasteiger partial charge in [0.15, 0.2) is 17.7 Å². The van der Waals surface area contributed by atoms with Crippen LogP contribution in [0.15, 0.2) is 36.9 Å². The molecule has 7 unspecified atom stereocenters. The van der Waals surface area contributed by atoms with Gasteiger partial charge in [0.1, 0.15) is 47.6 Å². The van der Waals surface area contributed by atoms with Crippen LogP contribution >= 0.6 is 23.5 Å². The molecule has 6 N–H and O–H groups in total. The van der Waals surface area contributed by atoms with Crippen molar-refractivity contribution in [3.63, 3.8) is 0 Å². The minimum absolute atomic E-state index is 0.0246. The molecule has 2 amide bonds. The normalized spacial score (nSPS) is 22.6. The summed E-state index contributed by atoms with van der Waals surface area (Å²) >= 11 is 0. The second-order valence-electron chi connectivity index (χ2n) is 18.4. The average Bonchev–Trinajstić information content (AvgIpc) is 4.18. The number of anilines is 1. The van der Waals surface area contributed by atoms with E-state index < -0.39 is 84.6 Å². The molecule has 0 bridgehead atoms. The van der Waals surface area contributed by atoms with Crippen molar-refractivity contribution < 1.29 is 90.0 Å². The summed E-state index contributed by atoms with van der Waals surface area (Å²) in [4.78, 5) is 109. The summed E-state index contributed by atoms with van der Waals surface area (Å²) in [5, 5.41) is 26.5. The third-order valence-electron chi connectivity index (χ3n) is 12.5. The van der Waals surface area contributed by atoms with Gasteiger partial charge in [-0.05, 0) is 75.3 Å². The van der Waals surface area contributed by atoms with E-state index in [1.807, 2.05) is 0 Å². The number of carbonyl (C=O) groups is 4. The number of nitrogen functional groups attached to an aromatic ring is 1. The number of hydrogen-bond acceptors (Lipinski definition) is 23. The smallest absolute Gasteiger partial charge is 0.293 e. The second kappa shape index (κ2) is 22.8. The van der Waals surface area contributed by atoms with Gasteiger partial charge in [0.2, 0.25) is 11.8 Å². The van der Waals surface area contributed by atoms with Crippen LogP contribution in [0.1, 0.15) is 95.4 Å². The van der Waals surface area contributed by atoms with E-state index in [9.17, 15) is 62.7 Å². The summed E-state index contributed by atoms with van der Waals surface area (Å²) < 4.78 is 66.2. The number of nitrogens with one attached hydrogen (secondary N) is 2. The molecule has 6 rings (SSSR count). The highest BCUT2D eigenvalue weighted by atomic mass is 31.3. The molecule has 1 aliphatic heterocycles. The molecule has 1 aromatic carbocycles. The molecular formula is C41H56N7O19P3-4. The number of ketones is 1. The van der Waals surface area contributed by atoms with Crippen LogP contribution in [-0.2, 0) is 73.1 Å². The quantitative estimate of drug-likeness (QED) is 0.0421. The Kier molecular flexibility index (Phi) is 18.0. The Hall–Kier alpha value is -4.10. The summed E-state index contributed by atoms with van der Waals surface area (Å²) in [6.45, 7) is 0.507. The van der Waals surface area contributed by atoms with Crippen molar-refractivity contribution in [1.29, 1.82) is 0 Å². The first-order valence-corrected chi connectivity index (χ1v) is 26.8. The molecule has 70 heavy (non-hydrogen) atoms. The lowest BCUT2D eigenvalue weighted by atomic mass is 9.87. The molecule has 1 saturated heterocycles. The van der Waals surface area contributed by atoms with Crippen molar-refractivity contribution in [3.8, 4) is 0 Å². The summed E-state index contributed by atoms with van der Waals surface area (Å²) in [5.41, 5.74) is 5.83. The van der Waals surface area contributed by atoms with Crippen LogP contribution in [0, 0.1) is 10.8 Å². The Labute approximate surface area is 401 Å². The average molecular weight is 1040 g/mol. The number of fused-ring (bicyclic) bond motifs is 1. The molecule has 3 aromatic rings. The van der Waals surface area contributed by atoms with E-state index in [4.69, 9.17) is 15.2 Å². The maximum Gasteiger partial charge on any atom is 0.293 e. The number of ether oxygens (including phenoxy) is 2. The number of Topliss-reactive ketones (excluding diaryl/α,β-unsaturated/α-hetero) is 1. The molecule has 2 saturated carbocycles. The zero-order valence-corrected chi connectivity index (χ0v) is 41.0. The van der Waals surface area contributed by atoms with E-state index in [2.05, 4.69) is 67.7 Å². The fraction of sp³-hybridized carbons (Fsp3) is 0.634. The molecular weight excluding hydrogens is 987 g/mol. The van der Waals surface area contributed by atoms with Gasteiger partial charge in [0.25, 0.3) is 22.1 Å². The number of amides is 2.